The zero-order valence-corrected chi connectivity index (χ0v) is 20.9. The summed E-state index contributed by atoms with van der Waals surface area (Å²) in [5, 5.41) is 1.28. The normalized spacial score (nSPS) is 18.3. The SMILES string of the molecule is CCCCCOC1COC(c2ccc3c(F)c(CCc4ccc(OCC(F)(F)F)cc4)ccc3c2)OC1. The number of rotatable bonds is 11. The second-order valence-corrected chi connectivity index (χ2v) is 9.27. The van der Waals surface area contributed by atoms with E-state index in [-0.39, 0.29) is 17.7 Å². The first-order valence-electron chi connectivity index (χ1n) is 12.7. The molecule has 1 fully saturated rings. The molecule has 0 bridgehead atoms. The fraction of sp³-hybridized carbons (Fsp3) is 0.448. The molecule has 0 N–H and O–H groups in total. The van der Waals surface area contributed by atoms with Crippen molar-refractivity contribution in [2.45, 2.75) is 57.6 Å². The van der Waals surface area contributed by atoms with Gasteiger partial charge in [-0.15, -0.1) is 0 Å². The zero-order chi connectivity index (χ0) is 26.3. The molecule has 0 saturated carbocycles. The molecule has 8 heteroatoms. The van der Waals surface area contributed by atoms with Crippen molar-refractivity contribution in [3.05, 3.63) is 77.1 Å². The Morgan fingerprint density at radius 1 is 0.919 bits per heavy atom. The van der Waals surface area contributed by atoms with Crippen molar-refractivity contribution in [3.8, 4) is 5.75 Å². The molecule has 4 rings (SSSR count). The number of unbranched alkanes of at least 4 members (excludes halogenated alkanes) is 2. The van der Waals surface area contributed by atoms with E-state index in [1.54, 1.807) is 24.3 Å². The lowest BCUT2D eigenvalue weighted by Crippen LogP contribution is -2.33. The number of benzene rings is 3. The monoisotopic (exact) mass is 520 g/mol. The number of halogens is 4. The van der Waals surface area contributed by atoms with E-state index in [0.29, 0.717) is 43.6 Å². The Morgan fingerprint density at radius 2 is 1.68 bits per heavy atom. The Labute approximate surface area is 214 Å². The Kier molecular flexibility index (Phi) is 9.40. The van der Waals surface area contributed by atoms with Crippen LogP contribution in [0.2, 0.25) is 0 Å². The van der Waals surface area contributed by atoms with Crippen molar-refractivity contribution in [1.82, 2.24) is 0 Å². The minimum atomic E-state index is -4.38. The molecule has 1 aliphatic heterocycles. The van der Waals surface area contributed by atoms with Gasteiger partial charge < -0.3 is 18.9 Å². The Hall–Kier alpha value is -2.68. The van der Waals surface area contributed by atoms with Crippen LogP contribution in [0.1, 0.15) is 49.2 Å². The largest absolute Gasteiger partial charge is 0.484 e. The zero-order valence-electron chi connectivity index (χ0n) is 20.9. The van der Waals surface area contributed by atoms with E-state index in [4.69, 9.17) is 18.9 Å². The van der Waals surface area contributed by atoms with Crippen LogP contribution in [0.15, 0.2) is 54.6 Å². The van der Waals surface area contributed by atoms with Gasteiger partial charge in [-0.05, 0) is 54.0 Å². The number of alkyl halides is 3. The molecule has 0 amide bonds. The Balaban J connectivity index is 1.32. The lowest BCUT2D eigenvalue weighted by Gasteiger charge is -2.29. The third-order valence-electron chi connectivity index (χ3n) is 6.31. The highest BCUT2D eigenvalue weighted by molar-refractivity contribution is 5.84. The number of hydrogen-bond donors (Lipinski definition) is 0. The summed E-state index contributed by atoms with van der Waals surface area (Å²) in [4.78, 5) is 0. The van der Waals surface area contributed by atoms with E-state index in [1.807, 2.05) is 18.2 Å². The van der Waals surface area contributed by atoms with Crippen LogP contribution >= 0.6 is 0 Å². The van der Waals surface area contributed by atoms with Crippen molar-refractivity contribution in [1.29, 1.82) is 0 Å². The van der Waals surface area contributed by atoms with Crippen molar-refractivity contribution >= 4 is 10.8 Å². The van der Waals surface area contributed by atoms with E-state index in [0.717, 1.165) is 35.8 Å². The molecule has 4 nitrogen and oxygen atoms in total. The summed E-state index contributed by atoms with van der Waals surface area (Å²) in [7, 11) is 0. The number of ether oxygens (including phenoxy) is 4. The molecule has 3 aromatic rings. The highest BCUT2D eigenvalue weighted by Gasteiger charge is 2.28. The molecule has 1 aliphatic rings. The van der Waals surface area contributed by atoms with Gasteiger partial charge in [0.15, 0.2) is 12.9 Å². The summed E-state index contributed by atoms with van der Waals surface area (Å²) in [6, 6.07) is 15.5. The maximum Gasteiger partial charge on any atom is 0.422 e. The molecule has 3 aromatic carbocycles. The van der Waals surface area contributed by atoms with E-state index < -0.39 is 19.1 Å². The molecule has 37 heavy (non-hydrogen) atoms. The third-order valence-corrected chi connectivity index (χ3v) is 6.31. The predicted octanol–water partition coefficient (Wildman–Crippen LogP) is 7.33. The van der Waals surface area contributed by atoms with E-state index in [1.165, 1.54) is 12.1 Å². The Morgan fingerprint density at radius 3 is 2.38 bits per heavy atom. The fourth-order valence-electron chi connectivity index (χ4n) is 4.27. The number of fused-ring (bicyclic) bond motifs is 1. The lowest BCUT2D eigenvalue weighted by atomic mass is 9.99. The second kappa shape index (κ2) is 12.7. The van der Waals surface area contributed by atoms with E-state index in [2.05, 4.69) is 6.92 Å². The van der Waals surface area contributed by atoms with Crippen LogP contribution in [0.4, 0.5) is 17.6 Å². The van der Waals surface area contributed by atoms with Gasteiger partial charge in [0.1, 0.15) is 17.7 Å². The molecular weight excluding hydrogens is 488 g/mol. The standard InChI is InChI=1S/C29H32F4O4/c1-2-3-4-15-34-25-17-35-28(36-18-25)23-11-14-26-22(16-23)10-9-21(27(26)30)8-5-20-6-12-24(13-7-20)37-19-29(31,32)33/h6-7,9-14,16,25,28H,2-5,8,15,17-19H2,1H3. The van der Waals surface area contributed by atoms with Crippen molar-refractivity contribution < 1.29 is 36.5 Å². The van der Waals surface area contributed by atoms with Crippen LogP contribution in [0, 0.1) is 5.82 Å². The van der Waals surface area contributed by atoms with Crippen LogP contribution < -0.4 is 4.74 Å². The third kappa shape index (κ3) is 7.90. The number of hydrogen-bond acceptors (Lipinski definition) is 4. The van der Waals surface area contributed by atoms with Crippen molar-refractivity contribution in [2.75, 3.05) is 26.4 Å². The van der Waals surface area contributed by atoms with Crippen molar-refractivity contribution in [3.63, 3.8) is 0 Å². The smallest absolute Gasteiger partial charge is 0.422 e. The summed E-state index contributed by atoms with van der Waals surface area (Å²) >= 11 is 0. The highest BCUT2D eigenvalue weighted by atomic mass is 19.4. The molecule has 0 aromatic heterocycles. The van der Waals surface area contributed by atoms with E-state index >= 15 is 4.39 Å². The van der Waals surface area contributed by atoms with Gasteiger partial charge in [0.2, 0.25) is 0 Å². The van der Waals surface area contributed by atoms with E-state index in [9.17, 15) is 13.2 Å². The summed E-state index contributed by atoms with van der Waals surface area (Å²) in [6.07, 6.45) is -0.637. The first-order chi connectivity index (χ1) is 17.8. The fourth-order valence-corrected chi connectivity index (χ4v) is 4.27. The van der Waals surface area contributed by atoms with Crippen LogP contribution in [0.25, 0.3) is 10.8 Å². The predicted molar refractivity (Wildman–Crippen MR) is 133 cm³/mol. The molecule has 0 aliphatic carbocycles. The highest BCUT2D eigenvalue weighted by Crippen LogP contribution is 2.29. The number of aryl methyl sites for hydroxylation is 2. The van der Waals surface area contributed by atoms with Crippen LogP contribution in [-0.2, 0) is 27.1 Å². The van der Waals surface area contributed by atoms with Gasteiger partial charge in [-0.25, -0.2) is 4.39 Å². The summed E-state index contributed by atoms with van der Waals surface area (Å²) in [5.41, 5.74) is 2.29. The minimum Gasteiger partial charge on any atom is -0.484 e. The van der Waals surface area contributed by atoms with Gasteiger partial charge in [-0.1, -0.05) is 56.2 Å². The maximum atomic E-state index is 15.2. The molecule has 0 atom stereocenters. The molecule has 0 unspecified atom stereocenters. The molecule has 1 heterocycles. The summed E-state index contributed by atoms with van der Waals surface area (Å²) in [5.74, 6) is -0.130. The van der Waals surface area contributed by atoms with Gasteiger partial charge >= 0.3 is 6.18 Å². The first-order valence-corrected chi connectivity index (χ1v) is 12.7. The summed E-state index contributed by atoms with van der Waals surface area (Å²) < 4.78 is 74.4. The molecule has 1 saturated heterocycles. The summed E-state index contributed by atoms with van der Waals surface area (Å²) in [6.45, 7) is 2.44. The van der Waals surface area contributed by atoms with Gasteiger partial charge in [-0.2, -0.15) is 13.2 Å². The topological polar surface area (TPSA) is 36.9 Å². The average molecular weight is 521 g/mol. The van der Waals surface area contributed by atoms with Gasteiger partial charge in [-0.3, -0.25) is 0 Å². The van der Waals surface area contributed by atoms with Gasteiger partial charge in [0.25, 0.3) is 0 Å². The maximum absolute atomic E-state index is 15.2. The second-order valence-electron chi connectivity index (χ2n) is 9.27. The molecule has 200 valence electrons. The van der Waals surface area contributed by atoms with Crippen LogP contribution in [0.5, 0.6) is 5.75 Å². The van der Waals surface area contributed by atoms with Crippen LogP contribution in [-0.4, -0.2) is 38.7 Å². The quantitative estimate of drug-likeness (QED) is 0.196. The molecular formula is C29H32F4O4. The van der Waals surface area contributed by atoms with Gasteiger partial charge in [0.05, 0.1) is 13.2 Å². The molecule has 0 radical (unpaired) electrons. The average Bonchev–Trinajstić information content (AvgIpc) is 2.90. The Bertz CT molecular complexity index is 1140. The van der Waals surface area contributed by atoms with Gasteiger partial charge in [0, 0.05) is 17.6 Å². The first kappa shape index (κ1) is 27.4. The van der Waals surface area contributed by atoms with Crippen molar-refractivity contribution in [2.24, 2.45) is 0 Å². The minimum absolute atomic E-state index is 0.0721. The lowest BCUT2D eigenvalue weighted by molar-refractivity contribution is -0.230. The molecule has 0 spiro atoms. The van der Waals surface area contributed by atoms with Crippen LogP contribution in [0.3, 0.4) is 0 Å².